The van der Waals surface area contributed by atoms with Crippen molar-refractivity contribution >= 4 is 23.8 Å². The number of likely N-dealkylation sites (tertiary alicyclic amines) is 1. The SMILES string of the molecule is CC(C)C[C@@H]1CCO[C@@H]2[C@@H](C1)CN(C(=O)OC(C)(C)C)[C@@H]2C(=O)N[C@@H]1C/C=C\CC(CO)SC2O[C@H]1C(O)[C@@H](O)[C@H]2O. The van der Waals surface area contributed by atoms with Crippen LogP contribution in [0.2, 0.25) is 0 Å². The molecule has 12 heteroatoms. The van der Waals surface area contributed by atoms with Crippen molar-refractivity contribution in [3.05, 3.63) is 12.2 Å². The van der Waals surface area contributed by atoms with E-state index in [0.29, 0.717) is 31.4 Å². The van der Waals surface area contributed by atoms with E-state index in [1.54, 1.807) is 20.8 Å². The molecular formula is C30H50N2O9S. The van der Waals surface area contributed by atoms with Crippen molar-refractivity contribution in [2.45, 2.75) is 126 Å². The summed E-state index contributed by atoms with van der Waals surface area (Å²) in [6.07, 6.45) is 0.850. The molecule has 0 radical (unpaired) electrons. The molecule has 3 unspecified atom stereocenters. The maximum atomic E-state index is 14.1. The highest BCUT2D eigenvalue weighted by Gasteiger charge is 2.53. The first kappa shape index (κ1) is 33.5. The van der Waals surface area contributed by atoms with E-state index in [1.165, 1.54) is 16.7 Å². The summed E-state index contributed by atoms with van der Waals surface area (Å²) in [4.78, 5) is 29.0. The molecule has 2 bridgehead atoms. The minimum Gasteiger partial charge on any atom is -0.444 e. The van der Waals surface area contributed by atoms with E-state index in [-0.39, 0.29) is 24.2 Å². The first-order chi connectivity index (χ1) is 19.8. The monoisotopic (exact) mass is 614 g/mol. The molecule has 0 aliphatic carbocycles. The molecule has 3 saturated heterocycles. The number of carbonyl (C=O) groups is 2. The van der Waals surface area contributed by atoms with Crippen molar-refractivity contribution in [2.24, 2.45) is 17.8 Å². The predicted octanol–water partition coefficient (Wildman–Crippen LogP) is 1.80. The van der Waals surface area contributed by atoms with Gasteiger partial charge in [-0.2, -0.15) is 0 Å². The number of nitrogens with zero attached hydrogens (tertiary/aromatic N) is 1. The van der Waals surface area contributed by atoms with E-state index in [9.17, 15) is 30.0 Å². The summed E-state index contributed by atoms with van der Waals surface area (Å²) in [5.74, 6) is 0.481. The third-order valence-corrected chi connectivity index (χ3v) is 9.92. The molecule has 4 rings (SSSR count). The maximum absolute atomic E-state index is 14.1. The Morgan fingerprint density at radius 2 is 1.81 bits per heavy atom. The standard InChI is InChI=1S/C30H50N2O9S/c1-16(2)12-17-10-11-39-25-18(13-17)14-32(29(38)41-30(3,4)5)21(25)27(37)31-20-9-7-6-8-19(15-33)42-28-24(36)22(34)23(35)26(20)40-28/h6-7,16-26,28,33-36H,8-15H2,1-5H3,(H,31,37)/b7-6-/t17-,18-,19?,20+,21-,22+,23?,24+,25+,26+,28?/m0/s1. The summed E-state index contributed by atoms with van der Waals surface area (Å²) in [6, 6.07) is -1.71. The molecule has 3 fully saturated rings. The summed E-state index contributed by atoms with van der Waals surface area (Å²) in [5, 5.41) is 44.7. The molecule has 42 heavy (non-hydrogen) atoms. The van der Waals surface area contributed by atoms with E-state index in [4.69, 9.17) is 14.2 Å². The first-order valence-electron chi connectivity index (χ1n) is 15.3. The zero-order valence-electron chi connectivity index (χ0n) is 25.4. The van der Waals surface area contributed by atoms with Crippen molar-refractivity contribution in [2.75, 3.05) is 19.8 Å². The maximum Gasteiger partial charge on any atom is 0.411 e. The number of hydrogen-bond donors (Lipinski definition) is 5. The largest absolute Gasteiger partial charge is 0.444 e. The minimum absolute atomic E-state index is 0.0341. The van der Waals surface area contributed by atoms with Crippen LogP contribution >= 0.6 is 11.8 Å². The predicted molar refractivity (Wildman–Crippen MR) is 158 cm³/mol. The highest BCUT2D eigenvalue weighted by Crippen LogP contribution is 2.39. The van der Waals surface area contributed by atoms with Crippen LogP contribution in [0.1, 0.15) is 66.7 Å². The van der Waals surface area contributed by atoms with Crippen molar-refractivity contribution in [3.63, 3.8) is 0 Å². The van der Waals surface area contributed by atoms with Crippen molar-refractivity contribution in [3.8, 4) is 0 Å². The second kappa shape index (κ2) is 14.1. The highest BCUT2D eigenvalue weighted by atomic mass is 32.2. The van der Waals surface area contributed by atoms with Gasteiger partial charge in [-0.25, -0.2) is 4.79 Å². The van der Waals surface area contributed by atoms with Crippen LogP contribution in [0.25, 0.3) is 0 Å². The lowest BCUT2D eigenvalue weighted by molar-refractivity contribution is -0.205. The number of thioether (sulfide) groups is 1. The molecule has 4 aliphatic rings. The Labute approximate surface area is 253 Å². The van der Waals surface area contributed by atoms with E-state index < -0.39 is 65.6 Å². The lowest BCUT2D eigenvalue weighted by Gasteiger charge is -2.44. The lowest BCUT2D eigenvalue weighted by Crippen LogP contribution is -2.64. The molecule has 4 aliphatic heterocycles. The normalized spacial score (nSPS) is 40.1. The summed E-state index contributed by atoms with van der Waals surface area (Å²) in [6.45, 7) is 10.4. The van der Waals surface area contributed by atoms with Gasteiger partial charge < -0.3 is 40.0 Å². The van der Waals surface area contributed by atoms with Crippen molar-refractivity contribution in [1.29, 1.82) is 0 Å². The second-order valence-corrected chi connectivity index (χ2v) is 15.0. The van der Waals surface area contributed by atoms with Crippen LogP contribution in [-0.2, 0) is 19.0 Å². The van der Waals surface area contributed by atoms with Gasteiger partial charge in [-0.3, -0.25) is 9.69 Å². The molecule has 11 atom stereocenters. The topological polar surface area (TPSA) is 158 Å². The fourth-order valence-corrected chi connectivity index (χ4v) is 7.86. The van der Waals surface area contributed by atoms with Gasteiger partial charge in [0.1, 0.15) is 41.5 Å². The molecule has 0 saturated carbocycles. The number of hydrogen-bond acceptors (Lipinski definition) is 10. The molecule has 11 nitrogen and oxygen atoms in total. The van der Waals surface area contributed by atoms with E-state index in [0.717, 1.165) is 19.3 Å². The van der Waals surface area contributed by atoms with Crippen molar-refractivity contribution < 1.29 is 44.2 Å². The zero-order valence-corrected chi connectivity index (χ0v) is 26.2. The number of fused-ring (bicyclic) bond motifs is 3. The third-order valence-electron chi connectivity index (χ3n) is 8.53. The molecule has 0 aromatic carbocycles. The fourth-order valence-electron chi connectivity index (χ4n) is 6.65. The number of aliphatic hydroxyl groups is 4. The van der Waals surface area contributed by atoms with Crippen LogP contribution in [0, 0.1) is 17.8 Å². The molecule has 4 heterocycles. The van der Waals surface area contributed by atoms with Crippen LogP contribution in [0.4, 0.5) is 4.79 Å². The summed E-state index contributed by atoms with van der Waals surface area (Å²) in [7, 11) is 0. The van der Waals surface area contributed by atoms with Crippen LogP contribution in [0.15, 0.2) is 12.2 Å². The van der Waals surface area contributed by atoms with E-state index in [1.807, 2.05) is 12.2 Å². The molecule has 240 valence electrons. The summed E-state index contributed by atoms with van der Waals surface area (Å²) < 4.78 is 18.1. The van der Waals surface area contributed by atoms with Gasteiger partial charge in [-0.15, -0.1) is 11.8 Å². The third kappa shape index (κ3) is 7.99. The van der Waals surface area contributed by atoms with Gasteiger partial charge >= 0.3 is 6.09 Å². The minimum atomic E-state index is -1.50. The number of nitrogens with one attached hydrogen (secondary N) is 1. The highest BCUT2D eigenvalue weighted by molar-refractivity contribution is 8.00. The Kier molecular flexibility index (Phi) is 11.3. The quantitative estimate of drug-likeness (QED) is 0.289. The van der Waals surface area contributed by atoms with Crippen LogP contribution in [0.3, 0.4) is 0 Å². The average Bonchev–Trinajstić information content (AvgIpc) is 3.15. The van der Waals surface area contributed by atoms with Crippen LogP contribution < -0.4 is 5.32 Å². The number of amides is 2. The number of ether oxygens (including phenoxy) is 3. The van der Waals surface area contributed by atoms with Gasteiger partial charge in [0.15, 0.2) is 0 Å². The summed E-state index contributed by atoms with van der Waals surface area (Å²) in [5.41, 5.74) is -1.66. The van der Waals surface area contributed by atoms with Gasteiger partial charge in [-0.1, -0.05) is 26.0 Å². The first-order valence-corrected chi connectivity index (χ1v) is 16.3. The van der Waals surface area contributed by atoms with Crippen molar-refractivity contribution in [1.82, 2.24) is 10.2 Å². The number of rotatable bonds is 5. The van der Waals surface area contributed by atoms with E-state index >= 15 is 0 Å². The molecule has 0 aromatic rings. The molecular weight excluding hydrogens is 564 g/mol. The van der Waals surface area contributed by atoms with Gasteiger partial charge in [-0.05, 0) is 64.7 Å². The Bertz CT molecular complexity index is 960. The van der Waals surface area contributed by atoms with Crippen LogP contribution in [-0.4, -0.2) is 116 Å². The number of allylic oxidation sites excluding steroid dienone is 1. The Balaban J connectivity index is 1.60. The zero-order chi connectivity index (χ0) is 30.8. The van der Waals surface area contributed by atoms with Gasteiger partial charge in [0.25, 0.3) is 0 Å². The van der Waals surface area contributed by atoms with Gasteiger partial charge in [0.2, 0.25) is 5.91 Å². The molecule has 2 amide bonds. The summed E-state index contributed by atoms with van der Waals surface area (Å²) >= 11 is 1.19. The Hall–Kier alpha value is -1.41. The number of aliphatic hydroxyl groups excluding tert-OH is 4. The average molecular weight is 615 g/mol. The lowest BCUT2D eigenvalue weighted by atomic mass is 9.85. The molecule has 0 aromatic heterocycles. The Morgan fingerprint density at radius 3 is 2.48 bits per heavy atom. The smallest absolute Gasteiger partial charge is 0.411 e. The Morgan fingerprint density at radius 1 is 1.10 bits per heavy atom. The van der Waals surface area contributed by atoms with E-state index in [2.05, 4.69) is 19.2 Å². The molecule has 5 N–H and O–H groups in total. The second-order valence-electron chi connectivity index (χ2n) is 13.6. The fraction of sp³-hybridized carbons (Fsp3) is 0.867. The number of carbonyl (C=O) groups excluding carboxylic acids is 2. The van der Waals surface area contributed by atoms with Crippen LogP contribution in [0.5, 0.6) is 0 Å². The molecule has 0 spiro atoms. The van der Waals surface area contributed by atoms with Gasteiger partial charge in [0.05, 0.1) is 18.8 Å². The van der Waals surface area contributed by atoms with Gasteiger partial charge in [0, 0.05) is 24.3 Å².